The summed E-state index contributed by atoms with van der Waals surface area (Å²) in [6.45, 7) is 5.71. The molecule has 3 aliphatic carbocycles. The fraction of sp³-hybridized carbons (Fsp3) is 0.812. The molecule has 2 heteroatoms. The van der Waals surface area contributed by atoms with Gasteiger partial charge in [0.1, 0.15) is 5.60 Å². The predicted octanol–water partition coefficient (Wildman–Crippen LogP) is 3.71. The number of carbonyl (C=O) groups excluding carboxylic acids is 1. The van der Waals surface area contributed by atoms with Gasteiger partial charge in [0.25, 0.3) is 0 Å². The van der Waals surface area contributed by atoms with E-state index in [0.29, 0.717) is 5.92 Å². The monoisotopic (exact) mass is 248 g/mol. The number of carbonyl (C=O) groups is 1. The molecule has 3 saturated carbocycles. The Morgan fingerprint density at radius 1 is 1.39 bits per heavy atom. The molecule has 100 valence electrons. The van der Waals surface area contributed by atoms with Gasteiger partial charge in [0, 0.05) is 12.0 Å². The third kappa shape index (κ3) is 1.64. The van der Waals surface area contributed by atoms with Crippen molar-refractivity contribution in [2.24, 2.45) is 23.7 Å². The molecule has 3 aliphatic rings. The average Bonchev–Trinajstić information content (AvgIpc) is 2.95. The van der Waals surface area contributed by atoms with Crippen molar-refractivity contribution < 1.29 is 9.53 Å². The molecule has 5 atom stereocenters. The number of fused-ring (bicyclic) bond motifs is 5. The van der Waals surface area contributed by atoms with Gasteiger partial charge in [0.05, 0.1) is 0 Å². The number of esters is 1. The van der Waals surface area contributed by atoms with Gasteiger partial charge in [-0.25, -0.2) is 4.79 Å². The van der Waals surface area contributed by atoms with E-state index in [1.54, 1.807) is 0 Å². The van der Waals surface area contributed by atoms with Gasteiger partial charge in [0.2, 0.25) is 0 Å². The first-order valence-electron chi connectivity index (χ1n) is 7.55. The zero-order valence-corrected chi connectivity index (χ0v) is 11.4. The van der Waals surface area contributed by atoms with E-state index in [9.17, 15) is 4.79 Å². The Bertz CT molecular complexity index is 362. The molecular weight excluding hydrogens is 224 g/mol. The van der Waals surface area contributed by atoms with E-state index in [1.807, 2.05) is 0 Å². The van der Waals surface area contributed by atoms with Crippen LogP contribution in [-0.2, 0) is 9.53 Å². The van der Waals surface area contributed by atoms with Gasteiger partial charge in [-0.2, -0.15) is 0 Å². The summed E-state index contributed by atoms with van der Waals surface area (Å²) in [4.78, 5) is 11.6. The van der Waals surface area contributed by atoms with Crippen LogP contribution in [0, 0.1) is 23.7 Å². The highest BCUT2D eigenvalue weighted by molar-refractivity contribution is 5.81. The van der Waals surface area contributed by atoms with Crippen LogP contribution in [0.2, 0.25) is 0 Å². The molecule has 0 saturated heterocycles. The van der Waals surface area contributed by atoms with Gasteiger partial charge in [0.15, 0.2) is 0 Å². The second-order valence-corrected chi connectivity index (χ2v) is 6.46. The van der Waals surface area contributed by atoms with Crippen molar-refractivity contribution in [3.8, 4) is 0 Å². The zero-order chi connectivity index (χ0) is 12.8. The molecule has 0 aromatic heterocycles. The molecule has 0 aliphatic heterocycles. The van der Waals surface area contributed by atoms with Crippen molar-refractivity contribution in [2.45, 2.75) is 57.5 Å². The smallest absolute Gasteiger partial charge is 0.330 e. The van der Waals surface area contributed by atoms with Crippen LogP contribution in [0.4, 0.5) is 0 Å². The van der Waals surface area contributed by atoms with Crippen molar-refractivity contribution in [2.75, 3.05) is 0 Å². The van der Waals surface area contributed by atoms with E-state index < -0.39 is 0 Å². The topological polar surface area (TPSA) is 26.3 Å². The maximum Gasteiger partial charge on any atom is 0.330 e. The molecule has 5 unspecified atom stereocenters. The molecule has 0 spiro atoms. The van der Waals surface area contributed by atoms with Crippen LogP contribution >= 0.6 is 0 Å². The van der Waals surface area contributed by atoms with Crippen molar-refractivity contribution in [3.05, 3.63) is 12.7 Å². The number of ether oxygens (including phenoxy) is 1. The van der Waals surface area contributed by atoms with Crippen LogP contribution in [-0.4, -0.2) is 11.6 Å². The number of rotatable bonds is 3. The molecule has 3 fully saturated rings. The van der Waals surface area contributed by atoms with Crippen LogP contribution < -0.4 is 0 Å². The molecule has 0 N–H and O–H groups in total. The Labute approximate surface area is 110 Å². The lowest BCUT2D eigenvalue weighted by atomic mass is 9.65. The van der Waals surface area contributed by atoms with E-state index in [1.165, 1.54) is 38.2 Å². The van der Waals surface area contributed by atoms with Gasteiger partial charge in [-0.1, -0.05) is 26.3 Å². The minimum Gasteiger partial charge on any atom is -0.456 e. The molecule has 2 bridgehead atoms. The summed E-state index contributed by atoms with van der Waals surface area (Å²) in [5, 5.41) is 0. The van der Waals surface area contributed by atoms with Crippen molar-refractivity contribution in [1.29, 1.82) is 0 Å². The molecule has 3 rings (SSSR count). The molecule has 2 nitrogen and oxygen atoms in total. The maximum atomic E-state index is 11.6. The Hall–Kier alpha value is -0.790. The molecule has 18 heavy (non-hydrogen) atoms. The van der Waals surface area contributed by atoms with Crippen LogP contribution in [0.25, 0.3) is 0 Å². The summed E-state index contributed by atoms with van der Waals surface area (Å²) in [6, 6.07) is 0. The van der Waals surface area contributed by atoms with E-state index in [-0.39, 0.29) is 11.6 Å². The summed E-state index contributed by atoms with van der Waals surface area (Å²) in [5.41, 5.74) is -0.158. The predicted molar refractivity (Wildman–Crippen MR) is 71.0 cm³/mol. The van der Waals surface area contributed by atoms with Gasteiger partial charge >= 0.3 is 5.97 Å². The van der Waals surface area contributed by atoms with Gasteiger partial charge < -0.3 is 4.74 Å². The normalized spacial score (nSPS) is 45.6. The third-order valence-corrected chi connectivity index (χ3v) is 5.91. The first-order chi connectivity index (χ1) is 8.70. The highest BCUT2D eigenvalue weighted by Crippen LogP contribution is 2.63. The number of hydrogen-bond acceptors (Lipinski definition) is 2. The lowest BCUT2D eigenvalue weighted by Gasteiger charge is -2.45. The van der Waals surface area contributed by atoms with Gasteiger partial charge in [-0.15, -0.1) is 0 Å². The van der Waals surface area contributed by atoms with Crippen LogP contribution in [0.15, 0.2) is 12.7 Å². The number of hydrogen-bond donors (Lipinski definition) is 0. The Balaban J connectivity index is 1.82. The van der Waals surface area contributed by atoms with Crippen molar-refractivity contribution in [1.82, 2.24) is 0 Å². The minimum absolute atomic E-state index is 0.158. The Kier molecular flexibility index (Phi) is 2.99. The lowest BCUT2D eigenvalue weighted by Crippen LogP contribution is -2.46. The maximum absolute atomic E-state index is 11.6. The van der Waals surface area contributed by atoms with E-state index >= 15 is 0 Å². The molecule has 0 aromatic rings. The van der Waals surface area contributed by atoms with Gasteiger partial charge in [-0.3, -0.25) is 0 Å². The van der Waals surface area contributed by atoms with Crippen molar-refractivity contribution in [3.63, 3.8) is 0 Å². The van der Waals surface area contributed by atoms with E-state index in [2.05, 4.69) is 13.5 Å². The highest BCUT2D eigenvalue weighted by Gasteiger charge is 2.61. The van der Waals surface area contributed by atoms with Crippen molar-refractivity contribution >= 4 is 5.97 Å². The molecule has 0 radical (unpaired) electrons. The molecule has 0 heterocycles. The van der Waals surface area contributed by atoms with Crippen LogP contribution in [0.1, 0.15) is 51.9 Å². The average molecular weight is 248 g/mol. The molecule has 0 aromatic carbocycles. The first kappa shape index (κ1) is 12.3. The molecule has 0 amide bonds. The van der Waals surface area contributed by atoms with Crippen LogP contribution in [0.3, 0.4) is 0 Å². The van der Waals surface area contributed by atoms with E-state index in [0.717, 1.165) is 30.6 Å². The fourth-order valence-corrected chi connectivity index (χ4v) is 5.22. The third-order valence-electron chi connectivity index (χ3n) is 5.91. The van der Waals surface area contributed by atoms with Gasteiger partial charge in [-0.05, 0) is 49.9 Å². The SMILES string of the molecule is C=CC(=O)OC1(CC)CC2CC1C1CCCCC21. The molecular formula is C16H24O2. The Morgan fingerprint density at radius 2 is 2.11 bits per heavy atom. The first-order valence-corrected chi connectivity index (χ1v) is 7.55. The second-order valence-electron chi connectivity index (χ2n) is 6.46. The Morgan fingerprint density at radius 3 is 2.78 bits per heavy atom. The lowest BCUT2D eigenvalue weighted by molar-refractivity contribution is -0.165. The second kappa shape index (κ2) is 4.40. The minimum atomic E-state index is -0.225. The standard InChI is InChI=1S/C16H24O2/c1-3-15(17)18-16(4-2)10-11-9-14(16)13-8-6-5-7-12(11)13/h3,11-14H,1,4-10H2,2H3. The summed E-state index contributed by atoms with van der Waals surface area (Å²) in [6.07, 6.45) is 10.3. The zero-order valence-electron chi connectivity index (χ0n) is 11.4. The van der Waals surface area contributed by atoms with E-state index in [4.69, 9.17) is 4.74 Å². The summed E-state index contributed by atoms with van der Waals surface area (Å²) < 4.78 is 5.82. The summed E-state index contributed by atoms with van der Waals surface area (Å²) in [5.74, 6) is 2.98. The largest absolute Gasteiger partial charge is 0.456 e. The van der Waals surface area contributed by atoms with Crippen LogP contribution in [0.5, 0.6) is 0 Å². The summed E-state index contributed by atoms with van der Waals surface area (Å²) >= 11 is 0. The fourth-order valence-electron chi connectivity index (χ4n) is 5.22. The summed E-state index contributed by atoms with van der Waals surface area (Å²) in [7, 11) is 0. The highest BCUT2D eigenvalue weighted by atomic mass is 16.6. The quantitative estimate of drug-likeness (QED) is 0.562.